The van der Waals surface area contributed by atoms with E-state index in [1.165, 1.54) is 83.7 Å². The molecule has 9 aromatic rings. The minimum Gasteiger partial charge on any atom is -0.351 e. The Hall–Kier alpha value is -3.86. The molecular formula is C32H20N2S2. The number of hydrogen-bond acceptors (Lipinski definition) is 2. The molecule has 0 unspecified atom stereocenters. The molecule has 170 valence electrons. The average molecular weight is 497 g/mol. The number of aryl methyl sites for hydroxylation is 2. The maximum atomic E-state index is 2.43. The summed E-state index contributed by atoms with van der Waals surface area (Å²) < 4.78 is 9.88. The van der Waals surface area contributed by atoms with E-state index in [4.69, 9.17) is 0 Å². The van der Waals surface area contributed by atoms with E-state index in [2.05, 4.69) is 108 Å². The van der Waals surface area contributed by atoms with Gasteiger partial charge in [0.2, 0.25) is 0 Å². The third-order valence-electron chi connectivity index (χ3n) is 7.99. The Bertz CT molecular complexity index is 2220. The van der Waals surface area contributed by atoms with E-state index >= 15 is 0 Å². The highest BCUT2D eigenvalue weighted by molar-refractivity contribution is 7.27. The maximum Gasteiger partial charge on any atom is 0.0484 e. The normalized spacial score (nSPS) is 12.7. The second kappa shape index (κ2) is 6.47. The molecule has 0 atom stereocenters. The Morgan fingerprint density at radius 2 is 0.806 bits per heavy atom. The highest BCUT2D eigenvalue weighted by Crippen LogP contribution is 2.44. The van der Waals surface area contributed by atoms with Crippen molar-refractivity contribution in [2.75, 3.05) is 0 Å². The largest absolute Gasteiger partial charge is 0.351 e. The molecule has 36 heavy (non-hydrogen) atoms. The summed E-state index contributed by atoms with van der Waals surface area (Å²) in [4.78, 5) is 0. The van der Waals surface area contributed by atoms with Gasteiger partial charge in [-0.2, -0.15) is 0 Å². The number of fused-ring (bicyclic) bond motifs is 10. The molecule has 0 aliphatic heterocycles. The minimum absolute atomic E-state index is 1.29. The summed E-state index contributed by atoms with van der Waals surface area (Å²) in [6.45, 7) is 0. The summed E-state index contributed by atoms with van der Waals surface area (Å²) in [6.07, 6.45) is 4.29. The zero-order valence-corrected chi connectivity index (χ0v) is 21.4. The Kier molecular flexibility index (Phi) is 3.47. The van der Waals surface area contributed by atoms with Crippen LogP contribution >= 0.6 is 22.7 Å². The van der Waals surface area contributed by atoms with Crippen molar-refractivity contribution >= 4 is 106 Å². The zero-order valence-electron chi connectivity index (χ0n) is 19.8. The van der Waals surface area contributed by atoms with Gasteiger partial charge in [0.15, 0.2) is 0 Å². The van der Waals surface area contributed by atoms with Crippen molar-refractivity contribution in [3.8, 4) is 0 Å². The van der Waals surface area contributed by atoms with Gasteiger partial charge in [0, 0.05) is 88.6 Å². The lowest BCUT2D eigenvalue weighted by atomic mass is 10.0. The van der Waals surface area contributed by atoms with Gasteiger partial charge in [-0.15, -0.1) is 22.7 Å². The van der Waals surface area contributed by atoms with E-state index in [-0.39, 0.29) is 0 Å². The molecule has 0 spiro atoms. The van der Waals surface area contributed by atoms with Gasteiger partial charge >= 0.3 is 0 Å². The molecule has 0 bridgehead atoms. The van der Waals surface area contributed by atoms with Crippen LogP contribution in [0.5, 0.6) is 0 Å². The average Bonchev–Trinajstić information content (AvgIpc) is 3.61. The summed E-state index contributed by atoms with van der Waals surface area (Å²) in [5.74, 6) is 0. The van der Waals surface area contributed by atoms with E-state index in [1.807, 2.05) is 22.7 Å². The van der Waals surface area contributed by atoms with E-state index in [0.717, 1.165) is 0 Å². The first kappa shape index (κ1) is 19.3. The topological polar surface area (TPSA) is 9.86 Å². The van der Waals surface area contributed by atoms with Crippen molar-refractivity contribution in [1.29, 1.82) is 0 Å². The molecule has 0 aliphatic carbocycles. The molecule has 0 N–H and O–H groups in total. The Balaban J connectivity index is 1.34. The van der Waals surface area contributed by atoms with Crippen molar-refractivity contribution < 1.29 is 0 Å². The molecule has 9 rings (SSSR count). The Labute approximate surface area is 214 Å². The van der Waals surface area contributed by atoms with Crippen LogP contribution in [0.3, 0.4) is 0 Å². The van der Waals surface area contributed by atoms with Gasteiger partial charge < -0.3 is 9.13 Å². The first-order chi connectivity index (χ1) is 17.6. The van der Waals surface area contributed by atoms with E-state index in [9.17, 15) is 0 Å². The number of nitrogens with zero attached hydrogens (tertiary/aromatic N) is 2. The molecule has 0 radical (unpaired) electrons. The van der Waals surface area contributed by atoms with Gasteiger partial charge in [-0.05, 0) is 94.3 Å². The lowest BCUT2D eigenvalue weighted by Gasteiger charge is -2.02. The molecule has 4 heteroatoms. The maximum absolute atomic E-state index is 2.43. The molecule has 0 amide bonds. The zero-order chi connectivity index (χ0) is 23.7. The summed E-state index contributed by atoms with van der Waals surface area (Å²) in [6, 6.07) is 28.2. The molecular weight excluding hydrogens is 477 g/mol. The van der Waals surface area contributed by atoms with Gasteiger partial charge in [0.25, 0.3) is 0 Å². The van der Waals surface area contributed by atoms with E-state index in [1.54, 1.807) is 0 Å². The van der Waals surface area contributed by atoms with Crippen LogP contribution in [0.1, 0.15) is 0 Å². The first-order valence-electron chi connectivity index (χ1n) is 12.2. The molecule has 4 aromatic heterocycles. The Morgan fingerprint density at radius 3 is 1.28 bits per heavy atom. The van der Waals surface area contributed by atoms with Gasteiger partial charge in [-0.3, -0.25) is 0 Å². The van der Waals surface area contributed by atoms with Crippen LogP contribution in [0.15, 0.2) is 85.2 Å². The highest BCUT2D eigenvalue weighted by Gasteiger charge is 2.14. The van der Waals surface area contributed by atoms with Crippen LogP contribution in [-0.4, -0.2) is 9.13 Å². The van der Waals surface area contributed by atoms with Gasteiger partial charge in [-0.25, -0.2) is 0 Å². The molecule has 0 aliphatic rings. The minimum atomic E-state index is 1.29. The number of benzene rings is 5. The molecule has 0 fully saturated rings. The van der Waals surface area contributed by atoms with E-state index < -0.39 is 0 Å². The fraction of sp³-hybridized carbons (Fsp3) is 0.0625. The first-order valence-corrected chi connectivity index (χ1v) is 13.8. The fourth-order valence-corrected chi connectivity index (χ4v) is 8.38. The van der Waals surface area contributed by atoms with Crippen molar-refractivity contribution in [2.45, 2.75) is 0 Å². The number of aromatic nitrogens is 2. The smallest absolute Gasteiger partial charge is 0.0484 e. The van der Waals surface area contributed by atoms with Crippen LogP contribution in [-0.2, 0) is 14.1 Å². The van der Waals surface area contributed by atoms with Crippen molar-refractivity contribution in [3.63, 3.8) is 0 Å². The lowest BCUT2D eigenvalue weighted by molar-refractivity contribution is 0.970. The molecule has 5 aromatic carbocycles. The SMILES string of the molecule is Cn1ccc2cc3cc4c(cc3cc21)sc1cc2c(cc14)sc1cc3cc4c(ccn4C)cc3cc12. The van der Waals surface area contributed by atoms with Gasteiger partial charge in [0.1, 0.15) is 0 Å². The molecule has 2 nitrogen and oxygen atoms in total. The predicted octanol–water partition coefficient (Wildman–Crippen LogP) is 9.71. The molecule has 0 saturated carbocycles. The molecule has 4 heterocycles. The number of hydrogen-bond donors (Lipinski definition) is 0. The highest BCUT2D eigenvalue weighted by atomic mass is 32.1. The summed E-state index contributed by atoms with van der Waals surface area (Å²) in [5.41, 5.74) is 2.57. The van der Waals surface area contributed by atoms with Crippen LogP contribution in [0, 0.1) is 0 Å². The quantitative estimate of drug-likeness (QED) is 0.198. The third kappa shape index (κ3) is 2.45. The fourth-order valence-electron chi connectivity index (χ4n) is 6.07. The summed E-state index contributed by atoms with van der Waals surface area (Å²) in [5, 5.41) is 13.3. The monoisotopic (exact) mass is 496 g/mol. The van der Waals surface area contributed by atoms with Crippen molar-refractivity contribution in [3.05, 3.63) is 85.2 Å². The number of rotatable bonds is 0. The van der Waals surface area contributed by atoms with Crippen LogP contribution in [0.25, 0.3) is 83.7 Å². The molecule has 0 saturated heterocycles. The lowest BCUT2D eigenvalue weighted by Crippen LogP contribution is -1.83. The van der Waals surface area contributed by atoms with Crippen LogP contribution in [0.2, 0.25) is 0 Å². The van der Waals surface area contributed by atoms with Gasteiger partial charge in [-0.1, -0.05) is 0 Å². The van der Waals surface area contributed by atoms with E-state index in [0.29, 0.717) is 0 Å². The predicted molar refractivity (Wildman–Crippen MR) is 160 cm³/mol. The third-order valence-corrected chi connectivity index (χ3v) is 10.2. The number of thiophene rings is 2. The van der Waals surface area contributed by atoms with Gasteiger partial charge in [0.05, 0.1) is 0 Å². The summed E-state index contributed by atoms with van der Waals surface area (Å²) >= 11 is 3.84. The second-order valence-corrected chi connectivity index (χ2v) is 12.3. The summed E-state index contributed by atoms with van der Waals surface area (Å²) in [7, 11) is 4.24. The van der Waals surface area contributed by atoms with Crippen LogP contribution in [0.4, 0.5) is 0 Å². The van der Waals surface area contributed by atoms with Crippen molar-refractivity contribution in [1.82, 2.24) is 9.13 Å². The standard InChI is InChI=1S/C32H20N2S2/c1-33-5-3-17-7-19-9-23-25-15-32-26(16-31(25)35-29(23)13-21(19)11-27(17)33)24-10-20-8-18-4-6-34(2)28(18)12-22(20)14-30(24)36-32/h3-16H,1-2H3. The Morgan fingerprint density at radius 1 is 0.417 bits per heavy atom. The second-order valence-electron chi connectivity index (χ2n) is 10.1. The van der Waals surface area contributed by atoms with Crippen molar-refractivity contribution in [2.24, 2.45) is 14.1 Å². The van der Waals surface area contributed by atoms with Crippen LogP contribution < -0.4 is 0 Å².